The number of aromatic nitrogens is 3. The van der Waals surface area contributed by atoms with Gasteiger partial charge in [-0.15, -0.1) is 0 Å². The number of rotatable bonds is 4. The van der Waals surface area contributed by atoms with Crippen LogP contribution in [0.4, 0.5) is 36.8 Å². The van der Waals surface area contributed by atoms with Crippen molar-refractivity contribution < 1.29 is 31.1 Å². The van der Waals surface area contributed by atoms with E-state index in [2.05, 4.69) is 25.6 Å². The molecule has 3 rings (SSSR count). The average Bonchev–Trinajstić information content (AvgIpc) is 2.72. The van der Waals surface area contributed by atoms with Crippen molar-refractivity contribution in [3.8, 4) is 0 Å². The largest absolute Gasteiger partial charge is 0.418 e. The molecule has 6 nitrogen and oxygen atoms in total. The normalized spacial score (nSPS) is 12.8. The van der Waals surface area contributed by atoms with Crippen LogP contribution in [0.1, 0.15) is 28.4 Å². The average molecular weight is 441 g/mol. The third-order valence-electron chi connectivity index (χ3n) is 4.08. The number of pyridine rings is 1. The van der Waals surface area contributed by atoms with Crippen molar-refractivity contribution in [3.63, 3.8) is 0 Å². The first-order valence-corrected chi connectivity index (χ1v) is 8.57. The third kappa shape index (κ3) is 5.47. The molecule has 0 unspecified atom stereocenters. The van der Waals surface area contributed by atoms with E-state index in [0.29, 0.717) is 12.1 Å². The topological polar surface area (TPSA) is 79.8 Å². The Morgan fingerprint density at radius 1 is 0.903 bits per heavy atom. The van der Waals surface area contributed by atoms with Gasteiger partial charge in [-0.05, 0) is 29.8 Å². The number of carbonyl (C=O) groups excluding carboxylic acids is 1. The van der Waals surface area contributed by atoms with Gasteiger partial charge in [0.15, 0.2) is 0 Å². The molecule has 2 amide bonds. The van der Waals surface area contributed by atoms with Crippen LogP contribution in [0, 0.1) is 0 Å². The van der Waals surface area contributed by atoms with Crippen LogP contribution in [0.2, 0.25) is 0 Å². The van der Waals surface area contributed by atoms with Crippen molar-refractivity contribution in [1.29, 1.82) is 0 Å². The molecule has 2 aromatic heterocycles. The lowest BCUT2D eigenvalue weighted by Crippen LogP contribution is -2.35. The maximum absolute atomic E-state index is 13.5. The summed E-state index contributed by atoms with van der Waals surface area (Å²) in [5, 5.41) is 4.66. The summed E-state index contributed by atoms with van der Waals surface area (Å²) in [5.41, 5.74) is -2.57. The first-order chi connectivity index (χ1) is 14.6. The minimum atomic E-state index is -4.81. The number of hydrogen-bond donors (Lipinski definition) is 2. The predicted octanol–water partition coefficient (Wildman–Crippen LogP) is 4.82. The van der Waals surface area contributed by atoms with Crippen LogP contribution >= 0.6 is 0 Å². The Hall–Kier alpha value is -3.70. The zero-order valence-electron chi connectivity index (χ0n) is 15.4. The van der Waals surface area contributed by atoms with E-state index in [1.807, 2.05) is 0 Å². The van der Waals surface area contributed by atoms with Crippen molar-refractivity contribution in [2.75, 3.05) is 5.32 Å². The highest BCUT2D eigenvalue weighted by atomic mass is 19.4. The Morgan fingerprint density at radius 2 is 1.55 bits per heavy atom. The van der Waals surface area contributed by atoms with Crippen molar-refractivity contribution in [2.45, 2.75) is 18.4 Å². The molecule has 0 fully saturated rings. The zero-order chi connectivity index (χ0) is 22.6. The molecule has 0 saturated carbocycles. The summed E-state index contributed by atoms with van der Waals surface area (Å²) in [6, 6.07) is 2.79. The highest BCUT2D eigenvalue weighted by Gasteiger charge is 2.37. The number of nitrogens with zero attached hydrogens (tertiary/aromatic N) is 3. The highest BCUT2D eigenvalue weighted by Crippen LogP contribution is 2.36. The lowest BCUT2D eigenvalue weighted by atomic mass is 9.98. The second-order valence-corrected chi connectivity index (χ2v) is 6.21. The van der Waals surface area contributed by atoms with E-state index < -0.39 is 41.2 Å². The van der Waals surface area contributed by atoms with Crippen molar-refractivity contribution in [1.82, 2.24) is 20.3 Å². The molecule has 2 heterocycles. The molecule has 0 aliphatic heterocycles. The molecule has 31 heavy (non-hydrogen) atoms. The summed E-state index contributed by atoms with van der Waals surface area (Å²) in [7, 11) is 0. The maximum Gasteiger partial charge on any atom is 0.418 e. The fourth-order valence-corrected chi connectivity index (χ4v) is 2.72. The summed E-state index contributed by atoms with van der Waals surface area (Å²) in [4.78, 5) is 23.5. The molecule has 0 radical (unpaired) electrons. The van der Waals surface area contributed by atoms with Gasteiger partial charge in [0.05, 0.1) is 40.9 Å². The lowest BCUT2D eigenvalue weighted by molar-refractivity contribution is -0.139. The number of halogens is 6. The van der Waals surface area contributed by atoms with Crippen LogP contribution in [-0.2, 0) is 12.4 Å². The van der Waals surface area contributed by atoms with Gasteiger partial charge in [0.2, 0.25) is 0 Å². The van der Waals surface area contributed by atoms with Gasteiger partial charge < -0.3 is 10.6 Å². The van der Waals surface area contributed by atoms with Crippen LogP contribution in [0.25, 0.3) is 0 Å². The summed E-state index contributed by atoms with van der Waals surface area (Å²) >= 11 is 0. The van der Waals surface area contributed by atoms with Gasteiger partial charge in [0.25, 0.3) is 0 Å². The van der Waals surface area contributed by atoms with Gasteiger partial charge in [0, 0.05) is 6.20 Å². The Balaban J connectivity index is 2.00. The van der Waals surface area contributed by atoms with Gasteiger partial charge in [0.1, 0.15) is 6.33 Å². The first-order valence-electron chi connectivity index (χ1n) is 8.57. The molecule has 12 heteroatoms. The Kier molecular flexibility index (Phi) is 6.09. The smallest absolute Gasteiger partial charge is 0.325 e. The summed E-state index contributed by atoms with van der Waals surface area (Å²) in [6.45, 7) is 0. The van der Waals surface area contributed by atoms with E-state index in [-0.39, 0.29) is 11.3 Å². The molecule has 0 aliphatic rings. The van der Waals surface area contributed by atoms with E-state index in [1.54, 1.807) is 0 Å². The van der Waals surface area contributed by atoms with E-state index in [4.69, 9.17) is 0 Å². The van der Waals surface area contributed by atoms with Crippen LogP contribution in [0.5, 0.6) is 0 Å². The number of benzene rings is 1. The molecule has 3 aromatic rings. The monoisotopic (exact) mass is 441 g/mol. The van der Waals surface area contributed by atoms with Crippen LogP contribution in [0.3, 0.4) is 0 Å². The van der Waals surface area contributed by atoms with Gasteiger partial charge in [-0.3, -0.25) is 4.98 Å². The summed E-state index contributed by atoms with van der Waals surface area (Å²) < 4.78 is 79.1. The summed E-state index contributed by atoms with van der Waals surface area (Å²) in [5.74, 6) is 0. The number of carbonyl (C=O) groups is 1. The second kappa shape index (κ2) is 8.58. The zero-order valence-corrected chi connectivity index (χ0v) is 15.4. The second-order valence-electron chi connectivity index (χ2n) is 6.21. The SMILES string of the molecule is O=C(Nc1cncnc1)N[C@@H](c1ccc(C(F)(F)F)cc1)c1ncccc1C(F)(F)F. The number of anilines is 1. The predicted molar refractivity (Wildman–Crippen MR) is 96.7 cm³/mol. The number of amides is 2. The standard InChI is InChI=1S/C19H13F6N5O/c20-18(21,22)12-5-3-11(4-6-12)15(16-14(19(23,24)25)2-1-7-28-16)30-17(31)29-13-8-26-10-27-9-13/h1-10,15H,(H2,29,30,31)/t15-/m0/s1. The van der Waals surface area contributed by atoms with Crippen LogP contribution in [0.15, 0.2) is 61.3 Å². The molecule has 2 N–H and O–H groups in total. The summed E-state index contributed by atoms with van der Waals surface area (Å²) in [6.07, 6.45) is -4.64. The fraction of sp³-hybridized carbons (Fsp3) is 0.158. The minimum Gasteiger partial charge on any atom is -0.325 e. The van der Waals surface area contributed by atoms with E-state index in [1.165, 1.54) is 18.7 Å². The molecule has 0 bridgehead atoms. The van der Waals surface area contributed by atoms with Gasteiger partial charge in [-0.25, -0.2) is 14.8 Å². The highest BCUT2D eigenvalue weighted by molar-refractivity contribution is 5.89. The van der Waals surface area contributed by atoms with Crippen molar-refractivity contribution in [2.24, 2.45) is 0 Å². The first kappa shape index (κ1) is 22.0. The Labute approximate surface area is 171 Å². The molecule has 1 atom stereocenters. The third-order valence-corrected chi connectivity index (χ3v) is 4.08. The van der Waals surface area contributed by atoms with E-state index >= 15 is 0 Å². The Morgan fingerprint density at radius 3 is 2.13 bits per heavy atom. The molecule has 1 aromatic carbocycles. The van der Waals surface area contributed by atoms with E-state index in [0.717, 1.165) is 30.5 Å². The lowest BCUT2D eigenvalue weighted by Gasteiger charge is -2.23. The van der Waals surface area contributed by atoms with Crippen molar-refractivity contribution >= 4 is 11.7 Å². The fourth-order valence-electron chi connectivity index (χ4n) is 2.72. The molecule has 0 aliphatic carbocycles. The minimum absolute atomic E-state index is 0.0309. The van der Waals surface area contributed by atoms with Gasteiger partial charge in [-0.1, -0.05) is 12.1 Å². The molecular weight excluding hydrogens is 428 g/mol. The number of urea groups is 1. The number of alkyl halides is 6. The van der Waals surface area contributed by atoms with Crippen LogP contribution < -0.4 is 10.6 Å². The van der Waals surface area contributed by atoms with Crippen LogP contribution in [-0.4, -0.2) is 21.0 Å². The van der Waals surface area contributed by atoms with Crippen molar-refractivity contribution in [3.05, 3.63) is 83.7 Å². The maximum atomic E-state index is 13.5. The quantitative estimate of drug-likeness (QED) is 0.569. The van der Waals surface area contributed by atoms with E-state index in [9.17, 15) is 31.1 Å². The van der Waals surface area contributed by atoms with Gasteiger partial charge >= 0.3 is 18.4 Å². The molecule has 0 spiro atoms. The van der Waals surface area contributed by atoms with Gasteiger partial charge in [-0.2, -0.15) is 26.3 Å². The molecule has 162 valence electrons. The molecular formula is C19H13F6N5O. The Bertz CT molecular complexity index is 1040. The number of nitrogens with one attached hydrogen (secondary N) is 2. The number of hydrogen-bond acceptors (Lipinski definition) is 4. The molecule has 0 saturated heterocycles.